The molecule has 2 rings (SSSR count). The number of aryl methyl sites for hydroxylation is 1. The zero-order valence-electron chi connectivity index (χ0n) is 11.5. The van der Waals surface area contributed by atoms with Gasteiger partial charge in [-0.15, -0.1) is 0 Å². The van der Waals surface area contributed by atoms with E-state index in [2.05, 4.69) is 15.3 Å². The second-order valence-corrected chi connectivity index (χ2v) is 5.51. The molecular formula is C14H16Cl2N4. The molecule has 1 aromatic heterocycles. The molecular weight excluding hydrogens is 295 g/mol. The Morgan fingerprint density at radius 3 is 2.55 bits per heavy atom. The molecule has 20 heavy (non-hydrogen) atoms. The van der Waals surface area contributed by atoms with Gasteiger partial charge in [0.25, 0.3) is 0 Å². The van der Waals surface area contributed by atoms with E-state index in [0.29, 0.717) is 27.5 Å². The van der Waals surface area contributed by atoms with Gasteiger partial charge in [-0.25, -0.2) is 9.97 Å². The smallest absolute Gasteiger partial charge is 0.135 e. The summed E-state index contributed by atoms with van der Waals surface area (Å²) in [7, 11) is 0. The average Bonchev–Trinajstić information content (AvgIpc) is 2.35. The number of nitrogens with zero attached hydrogens (tertiary/aromatic N) is 2. The number of benzene rings is 1. The zero-order chi connectivity index (χ0) is 14.9. The highest BCUT2D eigenvalue weighted by molar-refractivity contribution is 6.35. The van der Waals surface area contributed by atoms with Gasteiger partial charge in [0, 0.05) is 15.6 Å². The fraction of sp³-hybridized carbons (Fsp3) is 0.286. The molecule has 6 heteroatoms. The summed E-state index contributed by atoms with van der Waals surface area (Å²) in [6, 6.07) is 5.41. The Bertz CT molecular complexity index is 643. The van der Waals surface area contributed by atoms with E-state index in [1.54, 1.807) is 13.0 Å². The Hall–Kier alpha value is -1.52. The van der Waals surface area contributed by atoms with Crippen LogP contribution in [0.25, 0.3) is 0 Å². The lowest BCUT2D eigenvalue weighted by Gasteiger charge is -2.18. The molecule has 0 radical (unpaired) electrons. The van der Waals surface area contributed by atoms with Crippen molar-refractivity contribution in [2.24, 2.45) is 0 Å². The first-order valence-electron chi connectivity index (χ1n) is 6.20. The van der Waals surface area contributed by atoms with Crippen molar-refractivity contribution < 1.29 is 0 Å². The highest BCUT2D eigenvalue weighted by atomic mass is 35.5. The van der Waals surface area contributed by atoms with E-state index in [1.165, 1.54) is 0 Å². The lowest BCUT2D eigenvalue weighted by Crippen LogP contribution is -2.12. The molecule has 4 nitrogen and oxygen atoms in total. The first-order chi connectivity index (χ1) is 9.38. The average molecular weight is 311 g/mol. The number of hydrogen-bond donors (Lipinski definition) is 2. The van der Waals surface area contributed by atoms with Crippen molar-refractivity contribution in [3.05, 3.63) is 45.2 Å². The van der Waals surface area contributed by atoms with Gasteiger partial charge in [-0.05, 0) is 38.5 Å². The van der Waals surface area contributed by atoms with Gasteiger partial charge in [0.1, 0.15) is 17.5 Å². The van der Waals surface area contributed by atoms with Crippen LogP contribution in [-0.4, -0.2) is 9.97 Å². The summed E-state index contributed by atoms with van der Waals surface area (Å²) in [6.45, 7) is 5.69. The van der Waals surface area contributed by atoms with Gasteiger partial charge in [0.05, 0.1) is 6.04 Å². The molecule has 0 aliphatic carbocycles. The van der Waals surface area contributed by atoms with Gasteiger partial charge < -0.3 is 11.1 Å². The van der Waals surface area contributed by atoms with Gasteiger partial charge in [-0.2, -0.15) is 0 Å². The summed E-state index contributed by atoms with van der Waals surface area (Å²) in [6.07, 6.45) is 0. The van der Waals surface area contributed by atoms with Crippen LogP contribution >= 0.6 is 23.2 Å². The van der Waals surface area contributed by atoms with Crippen LogP contribution < -0.4 is 11.1 Å². The quantitative estimate of drug-likeness (QED) is 0.893. The molecule has 0 aliphatic rings. The molecule has 1 unspecified atom stereocenters. The van der Waals surface area contributed by atoms with Crippen LogP contribution in [0.3, 0.4) is 0 Å². The van der Waals surface area contributed by atoms with E-state index in [4.69, 9.17) is 28.9 Å². The van der Waals surface area contributed by atoms with Crippen LogP contribution in [0.2, 0.25) is 10.0 Å². The van der Waals surface area contributed by atoms with E-state index < -0.39 is 0 Å². The molecule has 0 fully saturated rings. The molecule has 0 spiro atoms. The molecule has 0 saturated carbocycles. The van der Waals surface area contributed by atoms with Crippen LogP contribution in [0.15, 0.2) is 18.2 Å². The first kappa shape index (κ1) is 14.9. The van der Waals surface area contributed by atoms with Crippen LogP contribution in [0, 0.1) is 13.8 Å². The number of hydrogen-bond acceptors (Lipinski definition) is 4. The minimum absolute atomic E-state index is 0.0211. The Kier molecular flexibility index (Phi) is 4.35. The minimum Gasteiger partial charge on any atom is -0.383 e. The van der Waals surface area contributed by atoms with Gasteiger partial charge in [-0.3, -0.25) is 0 Å². The maximum atomic E-state index is 6.21. The van der Waals surface area contributed by atoms with Crippen molar-refractivity contribution in [3.8, 4) is 0 Å². The summed E-state index contributed by atoms with van der Waals surface area (Å²) in [5.74, 6) is 1.83. The van der Waals surface area contributed by atoms with Gasteiger partial charge in [0.15, 0.2) is 0 Å². The number of nitrogen functional groups attached to an aromatic ring is 1. The number of nitrogens with two attached hydrogens (primary N) is 1. The van der Waals surface area contributed by atoms with Crippen molar-refractivity contribution in [2.75, 3.05) is 11.1 Å². The van der Waals surface area contributed by atoms with E-state index in [1.807, 2.05) is 26.0 Å². The number of halogens is 2. The molecule has 3 N–H and O–H groups in total. The lowest BCUT2D eigenvalue weighted by molar-refractivity contribution is 0.864. The Morgan fingerprint density at radius 1 is 1.20 bits per heavy atom. The Balaban J connectivity index is 2.30. The van der Waals surface area contributed by atoms with Gasteiger partial charge in [0.2, 0.25) is 0 Å². The summed E-state index contributed by atoms with van der Waals surface area (Å²) in [5, 5.41) is 4.54. The van der Waals surface area contributed by atoms with Crippen molar-refractivity contribution in [1.82, 2.24) is 9.97 Å². The standard InChI is InChI=1S/C14H16Cl2N4/c1-7-13(17)19-9(3)20-14(7)18-8(2)11-5-4-10(15)6-12(11)16/h4-6,8H,1-3H3,(H3,17,18,19,20). The second kappa shape index (κ2) is 5.85. The molecule has 106 valence electrons. The lowest BCUT2D eigenvalue weighted by atomic mass is 10.1. The van der Waals surface area contributed by atoms with Gasteiger partial charge >= 0.3 is 0 Å². The van der Waals surface area contributed by atoms with Crippen LogP contribution in [0.5, 0.6) is 0 Å². The molecule has 1 aromatic carbocycles. The van der Waals surface area contributed by atoms with Crippen molar-refractivity contribution in [3.63, 3.8) is 0 Å². The molecule has 0 amide bonds. The molecule has 0 bridgehead atoms. The maximum Gasteiger partial charge on any atom is 0.135 e. The van der Waals surface area contributed by atoms with Crippen LogP contribution in [-0.2, 0) is 0 Å². The Morgan fingerprint density at radius 2 is 1.90 bits per heavy atom. The zero-order valence-corrected chi connectivity index (χ0v) is 13.0. The topological polar surface area (TPSA) is 63.8 Å². The predicted molar refractivity (Wildman–Crippen MR) is 84.4 cm³/mol. The Labute approximate surface area is 128 Å². The number of aromatic nitrogens is 2. The molecule has 1 heterocycles. The molecule has 0 aliphatic heterocycles. The molecule has 0 saturated heterocycles. The summed E-state index contributed by atoms with van der Waals surface area (Å²) in [4.78, 5) is 8.50. The van der Waals surface area contributed by atoms with Gasteiger partial charge in [-0.1, -0.05) is 29.3 Å². The van der Waals surface area contributed by atoms with Crippen LogP contribution in [0.1, 0.15) is 29.9 Å². The third-order valence-electron chi connectivity index (χ3n) is 3.08. The number of anilines is 2. The monoisotopic (exact) mass is 310 g/mol. The fourth-order valence-electron chi connectivity index (χ4n) is 1.93. The van der Waals surface area contributed by atoms with E-state index in [9.17, 15) is 0 Å². The predicted octanol–water partition coefficient (Wildman–Crippen LogP) is 4.16. The highest BCUT2D eigenvalue weighted by Crippen LogP contribution is 2.29. The largest absolute Gasteiger partial charge is 0.383 e. The highest BCUT2D eigenvalue weighted by Gasteiger charge is 2.13. The van der Waals surface area contributed by atoms with E-state index >= 15 is 0 Å². The fourth-order valence-corrected chi connectivity index (χ4v) is 2.50. The van der Waals surface area contributed by atoms with E-state index in [0.717, 1.165) is 11.1 Å². The summed E-state index contributed by atoms with van der Waals surface area (Å²) < 4.78 is 0. The summed E-state index contributed by atoms with van der Waals surface area (Å²) in [5.41, 5.74) is 7.63. The minimum atomic E-state index is -0.0211. The third kappa shape index (κ3) is 3.14. The SMILES string of the molecule is Cc1nc(N)c(C)c(NC(C)c2ccc(Cl)cc2Cl)n1. The summed E-state index contributed by atoms with van der Waals surface area (Å²) >= 11 is 12.1. The van der Waals surface area contributed by atoms with E-state index in [-0.39, 0.29) is 6.04 Å². The van der Waals surface area contributed by atoms with Crippen molar-refractivity contribution in [2.45, 2.75) is 26.8 Å². The van der Waals surface area contributed by atoms with Crippen molar-refractivity contribution >= 4 is 34.8 Å². The normalized spacial score (nSPS) is 12.2. The number of nitrogens with one attached hydrogen (secondary N) is 1. The van der Waals surface area contributed by atoms with Crippen molar-refractivity contribution in [1.29, 1.82) is 0 Å². The van der Waals surface area contributed by atoms with Crippen LogP contribution in [0.4, 0.5) is 11.6 Å². The molecule has 1 atom stereocenters. The molecule has 2 aromatic rings. The maximum absolute atomic E-state index is 6.21. The second-order valence-electron chi connectivity index (χ2n) is 4.66. The first-order valence-corrected chi connectivity index (χ1v) is 6.96. The number of rotatable bonds is 3. The third-order valence-corrected chi connectivity index (χ3v) is 3.64.